The first-order valence-electron chi connectivity index (χ1n) is 6.51. The van der Waals surface area contributed by atoms with Gasteiger partial charge >= 0.3 is 0 Å². The standard InChI is InChI=1S/C14H25N3O/c1-14(2,3)16-10-12-7-9-17(11-12)8-5-6-13(18)15-4/h7,9,11,16H,5-6,8,10H2,1-4H3,(H,15,18). The Morgan fingerprint density at radius 3 is 2.72 bits per heavy atom. The van der Waals surface area contributed by atoms with Crippen LogP contribution >= 0.6 is 0 Å². The van der Waals surface area contributed by atoms with E-state index in [9.17, 15) is 4.79 Å². The van der Waals surface area contributed by atoms with Crippen molar-refractivity contribution in [2.75, 3.05) is 7.05 Å². The van der Waals surface area contributed by atoms with Crippen LogP contribution in [0.15, 0.2) is 18.5 Å². The molecule has 0 saturated heterocycles. The highest BCUT2D eigenvalue weighted by Gasteiger charge is 2.08. The molecule has 1 aromatic rings. The van der Waals surface area contributed by atoms with E-state index in [1.165, 1.54) is 5.56 Å². The first-order chi connectivity index (χ1) is 8.40. The van der Waals surface area contributed by atoms with Gasteiger partial charge in [0.2, 0.25) is 5.91 Å². The number of hydrogen-bond acceptors (Lipinski definition) is 2. The van der Waals surface area contributed by atoms with Gasteiger partial charge in [-0.1, -0.05) is 0 Å². The fourth-order valence-corrected chi connectivity index (χ4v) is 1.65. The minimum absolute atomic E-state index is 0.108. The summed E-state index contributed by atoms with van der Waals surface area (Å²) < 4.78 is 2.14. The van der Waals surface area contributed by atoms with Crippen LogP contribution in [0.25, 0.3) is 0 Å². The van der Waals surface area contributed by atoms with Crippen molar-refractivity contribution < 1.29 is 4.79 Å². The molecular formula is C14H25N3O. The molecule has 4 nitrogen and oxygen atoms in total. The molecule has 1 amide bonds. The molecule has 0 fully saturated rings. The number of aromatic nitrogens is 1. The Hall–Kier alpha value is -1.29. The second-order valence-electron chi connectivity index (χ2n) is 5.64. The molecule has 102 valence electrons. The molecule has 0 aromatic carbocycles. The van der Waals surface area contributed by atoms with Gasteiger partial charge in [-0.05, 0) is 38.8 Å². The van der Waals surface area contributed by atoms with E-state index in [1.807, 2.05) is 0 Å². The average molecular weight is 251 g/mol. The van der Waals surface area contributed by atoms with E-state index in [4.69, 9.17) is 0 Å². The highest BCUT2D eigenvalue weighted by Crippen LogP contribution is 2.06. The number of nitrogens with one attached hydrogen (secondary N) is 2. The smallest absolute Gasteiger partial charge is 0.219 e. The lowest BCUT2D eigenvalue weighted by atomic mass is 10.1. The largest absolute Gasteiger partial charge is 0.359 e. The van der Waals surface area contributed by atoms with Gasteiger partial charge < -0.3 is 15.2 Å². The number of carbonyl (C=O) groups is 1. The summed E-state index contributed by atoms with van der Waals surface area (Å²) in [5.41, 5.74) is 1.42. The lowest BCUT2D eigenvalue weighted by Crippen LogP contribution is -2.34. The van der Waals surface area contributed by atoms with Crippen LogP contribution in [0.3, 0.4) is 0 Å². The van der Waals surface area contributed by atoms with Crippen LogP contribution in [0.2, 0.25) is 0 Å². The molecule has 0 bridgehead atoms. The minimum atomic E-state index is 0.108. The van der Waals surface area contributed by atoms with Crippen LogP contribution in [-0.2, 0) is 17.9 Å². The molecule has 0 aliphatic rings. The van der Waals surface area contributed by atoms with Gasteiger partial charge in [-0.2, -0.15) is 0 Å². The maximum absolute atomic E-state index is 11.1. The first kappa shape index (κ1) is 14.8. The van der Waals surface area contributed by atoms with Crippen LogP contribution in [0, 0.1) is 0 Å². The van der Waals surface area contributed by atoms with Crippen molar-refractivity contribution in [2.24, 2.45) is 0 Å². The monoisotopic (exact) mass is 251 g/mol. The van der Waals surface area contributed by atoms with Gasteiger partial charge in [0.25, 0.3) is 0 Å². The Kier molecular flexibility index (Phi) is 5.41. The summed E-state index contributed by atoms with van der Waals surface area (Å²) in [6, 6.07) is 2.12. The normalized spacial score (nSPS) is 11.6. The Bertz CT molecular complexity index is 377. The van der Waals surface area contributed by atoms with E-state index in [0.717, 1.165) is 19.5 Å². The number of rotatable bonds is 6. The molecule has 0 spiro atoms. The average Bonchev–Trinajstić information content (AvgIpc) is 2.73. The summed E-state index contributed by atoms with van der Waals surface area (Å²) in [6.45, 7) is 8.25. The molecule has 0 saturated carbocycles. The molecule has 2 N–H and O–H groups in total. The van der Waals surface area contributed by atoms with Gasteiger partial charge in [0.05, 0.1) is 0 Å². The van der Waals surface area contributed by atoms with Crippen LogP contribution in [0.5, 0.6) is 0 Å². The summed E-state index contributed by atoms with van der Waals surface area (Å²) in [6.07, 6.45) is 5.68. The maximum Gasteiger partial charge on any atom is 0.219 e. The molecule has 0 aliphatic carbocycles. The van der Waals surface area contributed by atoms with Gasteiger partial charge in [0.1, 0.15) is 0 Å². The van der Waals surface area contributed by atoms with E-state index >= 15 is 0 Å². The third-order valence-electron chi connectivity index (χ3n) is 2.73. The fraction of sp³-hybridized carbons (Fsp3) is 0.643. The topological polar surface area (TPSA) is 46.1 Å². The lowest BCUT2D eigenvalue weighted by Gasteiger charge is -2.19. The lowest BCUT2D eigenvalue weighted by molar-refractivity contribution is -0.120. The van der Waals surface area contributed by atoms with Gasteiger partial charge in [-0.3, -0.25) is 4.79 Å². The van der Waals surface area contributed by atoms with Crippen molar-refractivity contribution in [3.8, 4) is 0 Å². The molecule has 0 radical (unpaired) electrons. The Balaban J connectivity index is 2.32. The van der Waals surface area contributed by atoms with Crippen LogP contribution < -0.4 is 10.6 Å². The molecule has 1 rings (SSSR count). The van der Waals surface area contributed by atoms with E-state index < -0.39 is 0 Å². The van der Waals surface area contributed by atoms with Gasteiger partial charge in [-0.15, -0.1) is 0 Å². The molecule has 1 aromatic heterocycles. The van der Waals surface area contributed by atoms with Gasteiger partial charge in [0, 0.05) is 44.5 Å². The third-order valence-corrected chi connectivity index (χ3v) is 2.73. The quantitative estimate of drug-likeness (QED) is 0.811. The summed E-state index contributed by atoms with van der Waals surface area (Å²) >= 11 is 0. The van der Waals surface area contributed by atoms with Crippen molar-refractivity contribution in [1.29, 1.82) is 0 Å². The van der Waals surface area contributed by atoms with Crippen molar-refractivity contribution >= 4 is 5.91 Å². The first-order valence-corrected chi connectivity index (χ1v) is 6.51. The van der Waals surface area contributed by atoms with Crippen LogP contribution in [-0.4, -0.2) is 23.1 Å². The van der Waals surface area contributed by atoms with E-state index in [-0.39, 0.29) is 11.4 Å². The number of hydrogen-bond donors (Lipinski definition) is 2. The highest BCUT2D eigenvalue weighted by molar-refractivity contribution is 5.75. The van der Waals surface area contributed by atoms with Crippen molar-refractivity contribution in [3.63, 3.8) is 0 Å². The van der Waals surface area contributed by atoms with E-state index in [0.29, 0.717) is 6.42 Å². The summed E-state index contributed by atoms with van der Waals surface area (Å²) in [5, 5.41) is 6.09. The second kappa shape index (κ2) is 6.59. The molecule has 0 atom stereocenters. The Morgan fingerprint density at radius 2 is 2.11 bits per heavy atom. The zero-order valence-corrected chi connectivity index (χ0v) is 11.9. The van der Waals surface area contributed by atoms with Gasteiger partial charge in [0.15, 0.2) is 0 Å². The number of amides is 1. The zero-order valence-electron chi connectivity index (χ0n) is 11.9. The Morgan fingerprint density at radius 1 is 1.39 bits per heavy atom. The third kappa shape index (κ3) is 5.87. The summed E-state index contributed by atoms with van der Waals surface area (Å²) in [4.78, 5) is 11.1. The highest BCUT2D eigenvalue weighted by atomic mass is 16.1. The van der Waals surface area contributed by atoms with Crippen LogP contribution in [0.1, 0.15) is 39.2 Å². The number of carbonyl (C=O) groups excluding carboxylic acids is 1. The van der Waals surface area contributed by atoms with E-state index in [2.05, 4.69) is 54.4 Å². The Labute approximate surface area is 110 Å². The number of nitrogens with zero attached hydrogens (tertiary/aromatic N) is 1. The molecular weight excluding hydrogens is 226 g/mol. The SMILES string of the molecule is CNC(=O)CCCn1ccc(CNC(C)(C)C)c1. The summed E-state index contributed by atoms with van der Waals surface area (Å²) in [5.74, 6) is 0.108. The second-order valence-corrected chi connectivity index (χ2v) is 5.64. The van der Waals surface area contributed by atoms with Gasteiger partial charge in [-0.25, -0.2) is 0 Å². The molecule has 0 aliphatic heterocycles. The molecule has 1 heterocycles. The van der Waals surface area contributed by atoms with Crippen molar-refractivity contribution in [3.05, 3.63) is 24.0 Å². The summed E-state index contributed by atoms with van der Waals surface area (Å²) in [7, 11) is 1.67. The minimum Gasteiger partial charge on any atom is -0.359 e. The van der Waals surface area contributed by atoms with Crippen molar-refractivity contribution in [1.82, 2.24) is 15.2 Å². The predicted molar refractivity (Wildman–Crippen MR) is 74.3 cm³/mol. The fourth-order valence-electron chi connectivity index (χ4n) is 1.65. The maximum atomic E-state index is 11.1. The zero-order chi connectivity index (χ0) is 13.6. The van der Waals surface area contributed by atoms with Crippen molar-refractivity contribution in [2.45, 2.75) is 52.2 Å². The molecule has 0 unspecified atom stereocenters. The number of aryl methyl sites for hydroxylation is 1. The van der Waals surface area contributed by atoms with Crippen LogP contribution in [0.4, 0.5) is 0 Å². The predicted octanol–water partition coefficient (Wildman–Crippen LogP) is 1.90. The molecule has 4 heteroatoms. The molecule has 18 heavy (non-hydrogen) atoms. The van der Waals surface area contributed by atoms with E-state index in [1.54, 1.807) is 7.05 Å².